The monoisotopic (exact) mass is 441 g/mol. The van der Waals surface area contributed by atoms with Crippen LogP contribution in [0.1, 0.15) is 36.7 Å². The number of likely N-dealkylation sites (tertiary alicyclic amines) is 1. The fourth-order valence-corrected chi connectivity index (χ4v) is 3.55. The number of amides is 3. The van der Waals surface area contributed by atoms with Crippen molar-refractivity contribution in [2.45, 2.75) is 44.3 Å². The van der Waals surface area contributed by atoms with E-state index in [0.29, 0.717) is 36.7 Å². The van der Waals surface area contributed by atoms with Gasteiger partial charge in [0.25, 0.3) is 5.91 Å². The molecule has 3 unspecified atom stereocenters. The van der Waals surface area contributed by atoms with E-state index in [1.165, 1.54) is 18.0 Å². The van der Waals surface area contributed by atoms with Gasteiger partial charge in [0.05, 0.1) is 29.7 Å². The van der Waals surface area contributed by atoms with Gasteiger partial charge in [0.15, 0.2) is 0 Å². The second kappa shape index (κ2) is 9.94. The molecule has 1 aliphatic rings. The first-order valence-electron chi connectivity index (χ1n) is 10.1. The molecule has 0 bridgehead atoms. The number of aromatic nitrogens is 2. The number of rotatable bonds is 8. The Morgan fingerprint density at radius 2 is 1.94 bits per heavy atom. The van der Waals surface area contributed by atoms with Crippen molar-refractivity contribution in [3.8, 4) is 0 Å². The van der Waals surface area contributed by atoms with Crippen LogP contribution in [-0.4, -0.2) is 74.6 Å². The molecule has 1 aromatic carbocycles. The SMILES string of the molecule is CC(NC(=O)c1cnc2ccccc2n1)C(=O)N1CCCC1C(=O)NC(C=O)CC(=O)O. The highest BCUT2D eigenvalue weighted by atomic mass is 16.4. The largest absolute Gasteiger partial charge is 0.481 e. The highest BCUT2D eigenvalue weighted by Gasteiger charge is 2.37. The lowest BCUT2D eigenvalue weighted by Crippen LogP contribution is -2.54. The van der Waals surface area contributed by atoms with E-state index in [2.05, 4.69) is 20.6 Å². The van der Waals surface area contributed by atoms with E-state index >= 15 is 0 Å². The number of nitrogens with one attached hydrogen (secondary N) is 2. The van der Waals surface area contributed by atoms with E-state index in [4.69, 9.17) is 5.11 Å². The van der Waals surface area contributed by atoms with Gasteiger partial charge in [-0.2, -0.15) is 0 Å². The lowest BCUT2D eigenvalue weighted by Gasteiger charge is -2.27. The number of aliphatic carboxylic acids is 1. The minimum atomic E-state index is -1.23. The zero-order valence-corrected chi connectivity index (χ0v) is 17.4. The van der Waals surface area contributed by atoms with E-state index in [0.717, 1.165) is 0 Å². The lowest BCUT2D eigenvalue weighted by molar-refractivity contribution is -0.141. The molecule has 2 aromatic rings. The van der Waals surface area contributed by atoms with Crippen molar-refractivity contribution < 1.29 is 29.1 Å². The van der Waals surface area contributed by atoms with Gasteiger partial charge in [-0.25, -0.2) is 4.98 Å². The van der Waals surface area contributed by atoms with Gasteiger partial charge in [0.2, 0.25) is 11.8 Å². The van der Waals surface area contributed by atoms with Gasteiger partial charge in [-0.3, -0.25) is 24.2 Å². The summed E-state index contributed by atoms with van der Waals surface area (Å²) in [6.45, 7) is 1.80. The van der Waals surface area contributed by atoms with Gasteiger partial charge >= 0.3 is 5.97 Å². The summed E-state index contributed by atoms with van der Waals surface area (Å²) in [5.41, 5.74) is 1.23. The molecule has 11 nitrogen and oxygen atoms in total. The van der Waals surface area contributed by atoms with Gasteiger partial charge < -0.3 is 25.4 Å². The van der Waals surface area contributed by atoms with Crippen molar-refractivity contribution in [3.05, 3.63) is 36.2 Å². The number of hydrogen-bond donors (Lipinski definition) is 3. The molecule has 1 fully saturated rings. The Bertz CT molecular complexity index is 1060. The number of carboxylic acid groups (broad SMARTS) is 1. The number of benzene rings is 1. The fourth-order valence-electron chi connectivity index (χ4n) is 3.55. The quantitative estimate of drug-likeness (QED) is 0.479. The molecule has 1 aromatic heterocycles. The molecule has 3 amide bonds. The number of para-hydroxylation sites is 2. The predicted molar refractivity (Wildman–Crippen MR) is 111 cm³/mol. The molecule has 3 atom stereocenters. The zero-order chi connectivity index (χ0) is 23.3. The van der Waals surface area contributed by atoms with Crippen LogP contribution in [0.3, 0.4) is 0 Å². The van der Waals surface area contributed by atoms with Crippen molar-refractivity contribution in [1.29, 1.82) is 0 Å². The van der Waals surface area contributed by atoms with Gasteiger partial charge in [-0.05, 0) is 31.9 Å². The topological polar surface area (TPSA) is 159 Å². The third-order valence-electron chi connectivity index (χ3n) is 5.12. The van der Waals surface area contributed by atoms with Crippen LogP contribution in [0.4, 0.5) is 0 Å². The van der Waals surface area contributed by atoms with E-state index < -0.39 is 48.2 Å². The molecule has 0 radical (unpaired) electrons. The Labute approximate surface area is 183 Å². The van der Waals surface area contributed by atoms with Crippen LogP contribution in [0.5, 0.6) is 0 Å². The van der Waals surface area contributed by atoms with Crippen LogP contribution in [0.15, 0.2) is 30.5 Å². The summed E-state index contributed by atoms with van der Waals surface area (Å²) >= 11 is 0. The number of carboxylic acids is 1. The van der Waals surface area contributed by atoms with E-state index in [-0.39, 0.29) is 5.69 Å². The van der Waals surface area contributed by atoms with Crippen molar-refractivity contribution in [2.24, 2.45) is 0 Å². The first-order valence-corrected chi connectivity index (χ1v) is 10.1. The molecular weight excluding hydrogens is 418 g/mol. The van der Waals surface area contributed by atoms with Crippen LogP contribution in [0, 0.1) is 0 Å². The second-order valence-electron chi connectivity index (χ2n) is 7.48. The summed E-state index contributed by atoms with van der Waals surface area (Å²) in [5, 5.41) is 13.8. The van der Waals surface area contributed by atoms with Gasteiger partial charge in [0, 0.05) is 6.54 Å². The molecule has 0 spiro atoms. The van der Waals surface area contributed by atoms with Crippen LogP contribution >= 0.6 is 0 Å². The predicted octanol–water partition coefficient (Wildman–Crippen LogP) is -0.102. The molecule has 32 heavy (non-hydrogen) atoms. The van der Waals surface area contributed by atoms with Crippen LogP contribution in [-0.2, 0) is 19.2 Å². The summed E-state index contributed by atoms with van der Waals surface area (Å²) in [7, 11) is 0. The summed E-state index contributed by atoms with van der Waals surface area (Å²) < 4.78 is 0. The molecule has 0 aliphatic carbocycles. The molecule has 1 saturated heterocycles. The molecule has 168 valence electrons. The highest BCUT2D eigenvalue weighted by Crippen LogP contribution is 2.19. The Morgan fingerprint density at radius 1 is 1.22 bits per heavy atom. The minimum absolute atomic E-state index is 0.0570. The second-order valence-corrected chi connectivity index (χ2v) is 7.48. The normalized spacial score (nSPS) is 17.4. The van der Waals surface area contributed by atoms with Crippen LogP contribution < -0.4 is 10.6 Å². The fraction of sp³-hybridized carbons (Fsp3) is 0.381. The number of nitrogens with zero attached hydrogens (tertiary/aromatic N) is 3. The summed E-state index contributed by atoms with van der Waals surface area (Å²) in [4.78, 5) is 69.6. The Kier molecular flexibility index (Phi) is 7.08. The number of carbonyl (C=O) groups excluding carboxylic acids is 4. The zero-order valence-electron chi connectivity index (χ0n) is 17.4. The number of fused-ring (bicyclic) bond motifs is 1. The lowest BCUT2D eigenvalue weighted by atomic mass is 10.1. The van der Waals surface area contributed by atoms with Gasteiger partial charge in [-0.15, -0.1) is 0 Å². The number of aldehydes is 1. The smallest absolute Gasteiger partial charge is 0.305 e. The number of carbonyl (C=O) groups is 5. The van der Waals surface area contributed by atoms with Crippen LogP contribution in [0.2, 0.25) is 0 Å². The van der Waals surface area contributed by atoms with Crippen molar-refractivity contribution >= 4 is 41.0 Å². The standard InChI is InChI=1S/C21H23N5O6/c1-12(23-19(30)16-10-22-14-5-2-3-6-15(14)25-16)21(32)26-8-4-7-17(26)20(31)24-13(11-27)9-18(28)29/h2-3,5-6,10-13,17H,4,7-9H2,1H3,(H,23,30)(H,24,31)(H,28,29). The molecule has 3 N–H and O–H groups in total. The maximum atomic E-state index is 12.9. The van der Waals surface area contributed by atoms with E-state index in [9.17, 15) is 24.0 Å². The molecule has 0 saturated carbocycles. The van der Waals surface area contributed by atoms with E-state index in [1.807, 2.05) is 0 Å². The third kappa shape index (κ3) is 5.23. The van der Waals surface area contributed by atoms with E-state index in [1.54, 1.807) is 24.3 Å². The molecule has 2 heterocycles. The maximum absolute atomic E-state index is 12.9. The molecule has 1 aliphatic heterocycles. The Hall–Kier alpha value is -3.89. The third-order valence-corrected chi connectivity index (χ3v) is 5.12. The van der Waals surface area contributed by atoms with Gasteiger partial charge in [0.1, 0.15) is 24.1 Å². The Morgan fingerprint density at radius 3 is 2.62 bits per heavy atom. The minimum Gasteiger partial charge on any atom is -0.481 e. The summed E-state index contributed by atoms with van der Waals surface area (Å²) in [6.07, 6.45) is 2.05. The molecule has 11 heteroatoms. The first-order chi connectivity index (χ1) is 15.3. The Balaban J connectivity index is 1.64. The summed E-state index contributed by atoms with van der Waals surface area (Å²) in [5.74, 6) is -2.87. The highest BCUT2D eigenvalue weighted by molar-refractivity contribution is 5.98. The maximum Gasteiger partial charge on any atom is 0.305 e. The van der Waals surface area contributed by atoms with Crippen molar-refractivity contribution in [1.82, 2.24) is 25.5 Å². The average molecular weight is 441 g/mol. The van der Waals surface area contributed by atoms with Crippen LogP contribution in [0.25, 0.3) is 11.0 Å². The van der Waals surface area contributed by atoms with Crippen molar-refractivity contribution in [3.63, 3.8) is 0 Å². The molecule has 3 rings (SSSR count). The number of hydrogen-bond acceptors (Lipinski definition) is 7. The summed E-state index contributed by atoms with van der Waals surface area (Å²) in [6, 6.07) is 4.09. The van der Waals surface area contributed by atoms with Gasteiger partial charge in [-0.1, -0.05) is 12.1 Å². The average Bonchev–Trinajstić information content (AvgIpc) is 3.27. The molecular formula is C21H23N5O6. The van der Waals surface area contributed by atoms with Crippen molar-refractivity contribution in [2.75, 3.05) is 6.54 Å². The first kappa shape index (κ1) is 22.8.